The van der Waals surface area contributed by atoms with Gasteiger partial charge in [-0.25, -0.2) is 9.69 Å². The number of aromatic nitrogens is 3. The van der Waals surface area contributed by atoms with Crippen LogP contribution in [0.15, 0.2) is 30.5 Å². The van der Waals surface area contributed by atoms with Crippen molar-refractivity contribution >= 4 is 28.6 Å². The van der Waals surface area contributed by atoms with Crippen molar-refractivity contribution in [3.05, 3.63) is 35.5 Å². The first-order valence-electron chi connectivity index (χ1n) is 7.02. The fraction of sp³-hybridized carbons (Fsp3) is 0.357. The van der Waals surface area contributed by atoms with Crippen LogP contribution in [0.5, 0.6) is 0 Å². The molecular weight excluding hydrogens is 356 g/mol. The predicted molar refractivity (Wildman–Crippen MR) is 88.8 cm³/mol. The topological polar surface area (TPSA) is 117 Å². The highest BCUT2D eigenvalue weighted by atomic mass is 35.5. The fourth-order valence-electron chi connectivity index (χ4n) is 2.18. The van der Waals surface area contributed by atoms with Crippen LogP contribution < -0.4 is 5.48 Å². The van der Waals surface area contributed by atoms with Gasteiger partial charge in [0, 0.05) is 17.1 Å². The highest BCUT2D eigenvalue weighted by Gasteiger charge is 2.35. The summed E-state index contributed by atoms with van der Waals surface area (Å²) in [7, 11) is 0. The minimum atomic E-state index is -2.17. The smallest absolute Gasteiger partial charge is 0.250 e. The largest absolute Gasteiger partial charge is 0.306 e. The lowest BCUT2D eigenvalue weighted by atomic mass is 9.88. The average Bonchev–Trinajstić information content (AvgIpc) is 3.01. The third kappa shape index (κ3) is 4.60. The molecule has 0 bridgehead atoms. The molecule has 0 spiro atoms. The summed E-state index contributed by atoms with van der Waals surface area (Å²) in [6.07, 6.45) is 1.91. The molecule has 2 aromatic rings. The molecule has 0 fully saturated rings. The van der Waals surface area contributed by atoms with Gasteiger partial charge in [0.1, 0.15) is 5.69 Å². The van der Waals surface area contributed by atoms with Crippen LogP contribution >= 0.6 is 11.6 Å². The van der Waals surface area contributed by atoms with Crippen LogP contribution in [0.3, 0.4) is 0 Å². The minimum Gasteiger partial charge on any atom is -0.306 e. The zero-order chi connectivity index (χ0) is 17.7. The first-order valence-corrected chi connectivity index (χ1v) is 8.67. The van der Waals surface area contributed by atoms with E-state index in [4.69, 9.17) is 21.4 Å². The van der Waals surface area contributed by atoms with Gasteiger partial charge in [-0.3, -0.25) is 14.7 Å². The monoisotopic (exact) mass is 372 g/mol. The van der Waals surface area contributed by atoms with Crippen molar-refractivity contribution in [2.45, 2.75) is 19.9 Å². The fourth-order valence-corrected chi connectivity index (χ4v) is 3.13. The van der Waals surface area contributed by atoms with Crippen LogP contribution in [0.25, 0.3) is 11.3 Å². The SMILES string of the molecule is CC(CCn1cc(-c2ccc(Cl)cc2)nn1)(CS(=O)O)C(=O)NO. The third-order valence-corrected chi connectivity index (χ3v) is 4.80. The summed E-state index contributed by atoms with van der Waals surface area (Å²) in [6.45, 7) is 1.80. The molecule has 0 saturated heterocycles. The molecule has 1 aromatic heterocycles. The van der Waals surface area contributed by atoms with Crippen LogP contribution in [0.1, 0.15) is 13.3 Å². The van der Waals surface area contributed by atoms with Gasteiger partial charge in [-0.15, -0.1) is 5.10 Å². The molecule has 0 radical (unpaired) electrons. The number of carbonyl (C=O) groups excluding carboxylic acids is 1. The van der Waals surface area contributed by atoms with Crippen LogP contribution in [0, 0.1) is 5.41 Å². The van der Waals surface area contributed by atoms with Gasteiger partial charge < -0.3 is 4.55 Å². The maximum absolute atomic E-state index is 11.8. The summed E-state index contributed by atoms with van der Waals surface area (Å²) in [5, 5.41) is 17.5. The third-order valence-electron chi connectivity index (χ3n) is 3.66. The Bertz CT molecular complexity index is 737. The molecule has 1 heterocycles. The van der Waals surface area contributed by atoms with E-state index in [1.807, 2.05) is 12.1 Å². The van der Waals surface area contributed by atoms with Crippen molar-refractivity contribution in [1.82, 2.24) is 20.5 Å². The molecule has 1 aromatic carbocycles. The van der Waals surface area contributed by atoms with Crippen LogP contribution in [-0.2, 0) is 22.4 Å². The number of hydrogen-bond donors (Lipinski definition) is 3. The second-order valence-corrected chi connectivity index (χ2v) is 6.96. The number of nitrogens with one attached hydrogen (secondary N) is 1. The first kappa shape index (κ1) is 18.5. The Balaban J connectivity index is 2.09. The molecule has 2 unspecified atom stereocenters. The normalized spacial score (nSPS) is 14.8. The average molecular weight is 373 g/mol. The van der Waals surface area contributed by atoms with Gasteiger partial charge in [-0.05, 0) is 25.5 Å². The molecule has 8 nitrogen and oxygen atoms in total. The number of rotatable bonds is 7. The van der Waals surface area contributed by atoms with E-state index < -0.39 is 22.4 Å². The second-order valence-electron chi connectivity index (χ2n) is 5.59. The Morgan fingerprint density at radius 3 is 2.67 bits per heavy atom. The number of hydroxylamine groups is 1. The van der Waals surface area contributed by atoms with Crippen molar-refractivity contribution in [3.8, 4) is 11.3 Å². The number of benzene rings is 1. The number of aryl methyl sites for hydroxylation is 1. The van der Waals surface area contributed by atoms with Crippen molar-refractivity contribution in [3.63, 3.8) is 0 Å². The van der Waals surface area contributed by atoms with E-state index >= 15 is 0 Å². The van der Waals surface area contributed by atoms with Gasteiger partial charge >= 0.3 is 0 Å². The van der Waals surface area contributed by atoms with Gasteiger partial charge in [0.05, 0.1) is 17.4 Å². The summed E-state index contributed by atoms with van der Waals surface area (Å²) in [5.74, 6) is -1.01. The Hall–Kier alpha value is -1.81. The Labute approximate surface area is 146 Å². The number of hydrogen-bond acceptors (Lipinski definition) is 5. The quantitative estimate of drug-likeness (QED) is 0.387. The molecule has 0 saturated carbocycles. The van der Waals surface area contributed by atoms with Crippen molar-refractivity contribution in [1.29, 1.82) is 0 Å². The molecule has 0 aliphatic rings. The zero-order valence-corrected chi connectivity index (χ0v) is 14.4. The summed E-state index contributed by atoms with van der Waals surface area (Å²) >= 11 is 3.67. The van der Waals surface area contributed by atoms with Crippen LogP contribution in [-0.4, -0.2) is 40.6 Å². The summed E-state index contributed by atoms with van der Waals surface area (Å²) in [4.78, 5) is 11.8. The van der Waals surface area contributed by atoms with E-state index in [0.717, 1.165) is 5.56 Å². The second kappa shape index (κ2) is 7.84. The molecule has 10 heteroatoms. The van der Waals surface area contributed by atoms with E-state index in [1.165, 1.54) is 11.6 Å². The maximum Gasteiger partial charge on any atom is 0.250 e. The minimum absolute atomic E-state index is 0.203. The standard InChI is InChI=1S/C14H17ClN4O4S/c1-14(9-24(22)23,13(20)17-21)6-7-19-8-12(16-18-19)10-2-4-11(15)5-3-10/h2-5,8,21H,6-7,9H2,1H3,(H,17,20)(H,22,23). The summed E-state index contributed by atoms with van der Waals surface area (Å²) in [5.41, 5.74) is 1.82. The predicted octanol–water partition coefficient (Wildman–Crippen LogP) is 1.72. The lowest BCUT2D eigenvalue weighted by Gasteiger charge is -2.25. The van der Waals surface area contributed by atoms with Crippen molar-refractivity contribution in [2.75, 3.05) is 5.75 Å². The Kier molecular flexibility index (Phi) is 6.05. The lowest BCUT2D eigenvalue weighted by molar-refractivity contribution is -0.138. The van der Waals surface area contributed by atoms with Gasteiger partial charge in [0.2, 0.25) is 5.91 Å². The molecule has 24 heavy (non-hydrogen) atoms. The molecule has 0 aliphatic heterocycles. The summed E-state index contributed by atoms with van der Waals surface area (Å²) in [6, 6.07) is 7.12. The number of amides is 1. The highest BCUT2D eigenvalue weighted by molar-refractivity contribution is 7.79. The Morgan fingerprint density at radius 1 is 1.42 bits per heavy atom. The Morgan fingerprint density at radius 2 is 2.08 bits per heavy atom. The summed E-state index contributed by atoms with van der Waals surface area (Å²) < 4.78 is 21.7. The van der Waals surface area contributed by atoms with E-state index in [2.05, 4.69) is 10.3 Å². The van der Waals surface area contributed by atoms with Gasteiger partial charge in [0.15, 0.2) is 11.1 Å². The molecule has 2 rings (SSSR count). The van der Waals surface area contributed by atoms with Crippen molar-refractivity contribution in [2.24, 2.45) is 5.41 Å². The lowest BCUT2D eigenvalue weighted by Crippen LogP contribution is -2.42. The van der Waals surface area contributed by atoms with E-state index in [0.29, 0.717) is 17.3 Å². The molecule has 130 valence electrons. The molecule has 3 N–H and O–H groups in total. The first-order chi connectivity index (χ1) is 11.3. The van der Waals surface area contributed by atoms with E-state index in [-0.39, 0.29) is 12.2 Å². The number of nitrogens with zero attached hydrogens (tertiary/aromatic N) is 3. The maximum atomic E-state index is 11.8. The molecule has 2 atom stereocenters. The van der Waals surface area contributed by atoms with Gasteiger partial charge in [-0.2, -0.15) is 0 Å². The van der Waals surface area contributed by atoms with Crippen molar-refractivity contribution < 1.29 is 18.8 Å². The molecular formula is C14H17ClN4O4S. The van der Waals surface area contributed by atoms with Gasteiger partial charge in [0.25, 0.3) is 0 Å². The molecule has 1 amide bonds. The van der Waals surface area contributed by atoms with Crippen LogP contribution in [0.4, 0.5) is 0 Å². The van der Waals surface area contributed by atoms with Crippen LogP contribution in [0.2, 0.25) is 5.02 Å². The zero-order valence-electron chi connectivity index (χ0n) is 12.8. The highest BCUT2D eigenvalue weighted by Crippen LogP contribution is 2.24. The van der Waals surface area contributed by atoms with E-state index in [1.54, 1.807) is 23.8 Å². The molecule has 0 aliphatic carbocycles. The van der Waals surface area contributed by atoms with Gasteiger partial charge in [-0.1, -0.05) is 28.9 Å². The number of carbonyl (C=O) groups is 1. The van der Waals surface area contributed by atoms with E-state index in [9.17, 15) is 9.00 Å². The number of halogens is 1.